The Morgan fingerprint density at radius 2 is 1.88 bits per heavy atom. The van der Waals surface area contributed by atoms with Gasteiger partial charge < -0.3 is 19.6 Å². The van der Waals surface area contributed by atoms with Gasteiger partial charge in [-0.3, -0.25) is 4.21 Å². The van der Waals surface area contributed by atoms with E-state index in [9.17, 15) is 9.32 Å². The first-order chi connectivity index (χ1) is 16.5. The highest BCUT2D eigenvalue weighted by molar-refractivity contribution is 7.85. The van der Waals surface area contributed by atoms with Crippen LogP contribution in [0.4, 0.5) is 0 Å². The number of ether oxygens (including phenoxy) is 2. The highest BCUT2D eigenvalue weighted by atomic mass is 35.5. The Hall–Kier alpha value is -2.42. The van der Waals surface area contributed by atoms with Crippen LogP contribution >= 0.6 is 23.2 Å². The smallest absolute Gasteiger partial charge is 0.188 e. The normalized spacial score (nSPS) is 13.2. The van der Waals surface area contributed by atoms with Gasteiger partial charge in [-0.25, -0.2) is 4.98 Å². The minimum atomic E-state index is -1.04. The number of benzene rings is 3. The van der Waals surface area contributed by atoms with Crippen molar-refractivity contribution in [2.45, 2.75) is 17.7 Å². The highest BCUT2D eigenvalue weighted by Gasteiger charge is 2.22. The molecule has 0 radical (unpaired) electrons. The lowest BCUT2D eigenvalue weighted by Crippen LogP contribution is -2.08. The topological polar surface area (TPSA) is 84.4 Å². The van der Waals surface area contributed by atoms with Crippen LogP contribution in [0, 0.1) is 0 Å². The van der Waals surface area contributed by atoms with E-state index in [1.54, 1.807) is 13.2 Å². The summed E-state index contributed by atoms with van der Waals surface area (Å²) in [6.45, 7) is 1.80. The number of nitrogens with one attached hydrogen (secondary N) is 1. The Morgan fingerprint density at radius 3 is 2.56 bits per heavy atom. The van der Waals surface area contributed by atoms with E-state index in [1.807, 2.05) is 55.5 Å². The summed E-state index contributed by atoms with van der Waals surface area (Å²) in [6, 6.07) is 16.5. The number of nitrogens with zero attached hydrogens (tertiary/aromatic N) is 1. The number of fused-ring (bicyclic) bond motifs is 1. The van der Waals surface area contributed by atoms with Crippen LogP contribution in [-0.2, 0) is 15.5 Å². The summed E-state index contributed by atoms with van der Waals surface area (Å²) in [7, 11) is 0.512. The van der Waals surface area contributed by atoms with Crippen LogP contribution in [0.25, 0.3) is 22.2 Å². The van der Waals surface area contributed by atoms with E-state index in [4.69, 9.17) is 37.7 Å². The zero-order valence-corrected chi connectivity index (χ0v) is 21.0. The summed E-state index contributed by atoms with van der Waals surface area (Å²) in [6.07, 6.45) is 0. The molecule has 4 aromatic rings. The number of aliphatic hydroxyl groups is 1. The van der Waals surface area contributed by atoms with Gasteiger partial charge in [0.2, 0.25) is 0 Å². The second-order valence-corrected chi connectivity index (χ2v) is 10.1. The van der Waals surface area contributed by atoms with Gasteiger partial charge in [0.15, 0.2) is 6.79 Å². The molecular weight excluding hydrogens is 495 g/mol. The lowest BCUT2D eigenvalue weighted by molar-refractivity contribution is 0.0515. The molecule has 4 rings (SSSR count). The molecule has 0 amide bonds. The van der Waals surface area contributed by atoms with E-state index in [1.165, 1.54) is 0 Å². The fourth-order valence-electron chi connectivity index (χ4n) is 3.80. The summed E-state index contributed by atoms with van der Waals surface area (Å²) in [5, 5.41) is 11.0. The minimum absolute atomic E-state index is 0.0872. The lowest BCUT2D eigenvalue weighted by Gasteiger charge is -2.13. The monoisotopic (exact) mass is 518 g/mol. The summed E-state index contributed by atoms with van der Waals surface area (Å²) in [5.41, 5.74) is 3.37. The fraction of sp³-hybridized carbons (Fsp3) is 0.240. The first-order valence-corrected chi connectivity index (χ1v) is 12.7. The third-order valence-electron chi connectivity index (χ3n) is 5.50. The molecule has 0 aliphatic rings. The van der Waals surface area contributed by atoms with E-state index in [0.717, 1.165) is 16.0 Å². The standard InChI is InChI=1S/C25H24Cl2N2O4S/c1-3-34(31)16-10-8-15(9-11-16)18(13-30)25-28-20-12-19(26)22(23(27)24(20)29-25)17-6-4-5-7-21(17)33-14-32-2/h4-12,18,30H,3,13-14H2,1-2H3,(H,28,29). The molecule has 9 heteroatoms. The Morgan fingerprint density at radius 1 is 1.15 bits per heavy atom. The number of aromatic nitrogens is 2. The number of H-pyrrole nitrogens is 1. The van der Waals surface area contributed by atoms with Crippen molar-refractivity contribution in [1.82, 2.24) is 9.97 Å². The van der Waals surface area contributed by atoms with Gasteiger partial charge in [0.25, 0.3) is 0 Å². The molecule has 1 heterocycles. The molecule has 2 N–H and O–H groups in total. The molecule has 0 saturated heterocycles. The second kappa shape index (κ2) is 10.9. The van der Waals surface area contributed by atoms with Gasteiger partial charge in [0.05, 0.1) is 38.9 Å². The third kappa shape index (κ3) is 4.85. The SMILES string of the molecule is CCS(=O)c1ccc(C(CO)c2nc3c(Cl)c(-c4ccccc4OCOC)c(Cl)cc3[nH]2)cc1. The van der Waals surface area contributed by atoms with Crippen molar-refractivity contribution in [3.8, 4) is 16.9 Å². The van der Waals surface area contributed by atoms with Crippen molar-refractivity contribution >= 4 is 45.0 Å². The number of aromatic amines is 1. The Balaban J connectivity index is 1.77. The molecule has 0 aliphatic heterocycles. The molecule has 0 bridgehead atoms. The van der Waals surface area contributed by atoms with Crippen LogP contribution in [-0.4, -0.2) is 45.5 Å². The van der Waals surface area contributed by atoms with Crippen molar-refractivity contribution in [3.05, 3.63) is 76.0 Å². The van der Waals surface area contributed by atoms with Crippen LogP contribution in [0.15, 0.2) is 59.5 Å². The molecule has 1 aromatic heterocycles. The predicted octanol–water partition coefficient (Wildman–Crippen LogP) is 5.77. The molecule has 6 nitrogen and oxygen atoms in total. The first-order valence-electron chi connectivity index (χ1n) is 10.7. The Bertz CT molecular complexity index is 1320. The Kier molecular flexibility index (Phi) is 7.91. The first kappa shape index (κ1) is 24.7. The number of imidazole rings is 1. The van der Waals surface area contributed by atoms with E-state index in [-0.39, 0.29) is 13.4 Å². The summed E-state index contributed by atoms with van der Waals surface area (Å²) >= 11 is 13.5. The maximum atomic E-state index is 12.1. The quantitative estimate of drug-likeness (QED) is 0.274. The van der Waals surface area contributed by atoms with Crippen molar-refractivity contribution in [2.24, 2.45) is 0 Å². The summed E-state index contributed by atoms with van der Waals surface area (Å²) < 4.78 is 22.8. The van der Waals surface area contributed by atoms with E-state index in [2.05, 4.69) is 4.98 Å². The highest BCUT2D eigenvalue weighted by Crippen LogP contribution is 2.43. The van der Waals surface area contributed by atoms with Crippen LogP contribution < -0.4 is 4.74 Å². The Labute approximate surface area is 210 Å². The number of halogens is 2. The van der Waals surface area contributed by atoms with E-state index >= 15 is 0 Å². The number of methoxy groups -OCH3 is 1. The zero-order valence-electron chi connectivity index (χ0n) is 18.7. The lowest BCUT2D eigenvalue weighted by atomic mass is 9.99. The van der Waals surface area contributed by atoms with Gasteiger partial charge in [-0.2, -0.15) is 0 Å². The number of hydrogen-bond acceptors (Lipinski definition) is 5. The van der Waals surface area contributed by atoms with E-state index < -0.39 is 16.7 Å². The molecule has 34 heavy (non-hydrogen) atoms. The average Bonchev–Trinajstić information content (AvgIpc) is 3.27. The predicted molar refractivity (Wildman–Crippen MR) is 136 cm³/mol. The van der Waals surface area contributed by atoms with Crippen LogP contribution in [0.2, 0.25) is 10.0 Å². The van der Waals surface area contributed by atoms with Crippen molar-refractivity contribution in [2.75, 3.05) is 26.3 Å². The molecular formula is C25H24Cl2N2O4S. The van der Waals surface area contributed by atoms with Gasteiger partial charge in [0.1, 0.15) is 17.1 Å². The van der Waals surface area contributed by atoms with Crippen LogP contribution in [0.5, 0.6) is 5.75 Å². The van der Waals surface area contributed by atoms with Crippen LogP contribution in [0.1, 0.15) is 24.2 Å². The van der Waals surface area contributed by atoms with Gasteiger partial charge in [0, 0.05) is 28.9 Å². The molecule has 2 unspecified atom stereocenters. The van der Waals surface area contributed by atoms with Crippen molar-refractivity contribution < 1.29 is 18.8 Å². The fourth-order valence-corrected chi connectivity index (χ4v) is 5.28. The summed E-state index contributed by atoms with van der Waals surface area (Å²) in [5.74, 6) is 1.28. The van der Waals surface area contributed by atoms with Gasteiger partial charge >= 0.3 is 0 Å². The molecule has 0 fully saturated rings. The number of rotatable bonds is 9. The average molecular weight is 519 g/mol. The number of para-hydroxylation sites is 1. The number of aliphatic hydroxyl groups excluding tert-OH is 1. The maximum absolute atomic E-state index is 12.1. The van der Waals surface area contributed by atoms with E-state index in [0.29, 0.717) is 44.0 Å². The second-order valence-electron chi connectivity index (χ2n) is 7.55. The van der Waals surface area contributed by atoms with Crippen molar-refractivity contribution in [1.29, 1.82) is 0 Å². The van der Waals surface area contributed by atoms with Crippen molar-refractivity contribution in [3.63, 3.8) is 0 Å². The molecule has 0 aliphatic carbocycles. The summed E-state index contributed by atoms with van der Waals surface area (Å²) in [4.78, 5) is 8.72. The van der Waals surface area contributed by atoms with Gasteiger partial charge in [-0.05, 0) is 29.8 Å². The maximum Gasteiger partial charge on any atom is 0.188 e. The molecule has 0 spiro atoms. The number of hydrogen-bond donors (Lipinski definition) is 2. The molecule has 2 atom stereocenters. The zero-order chi connectivity index (χ0) is 24.2. The van der Waals surface area contributed by atoms with Gasteiger partial charge in [-0.1, -0.05) is 60.5 Å². The van der Waals surface area contributed by atoms with Gasteiger partial charge in [-0.15, -0.1) is 0 Å². The van der Waals surface area contributed by atoms with Crippen LogP contribution in [0.3, 0.4) is 0 Å². The third-order valence-corrected chi connectivity index (χ3v) is 7.48. The molecule has 3 aromatic carbocycles. The molecule has 0 saturated carbocycles. The minimum Gasteiger partial charge on any atom is -0.467 e. The molecule has 178 valence electrons. The largest absolute Gasteiger partial charge is 0.467 e.